The molecule has 1 aromatic heterocycles. The molecule has 0 fully saturated rings. The van der Waals surface area contributed by atoms with E-state index < -0.39 is 28.6 Å². The molecule has 3 rings (SSSR count). The van der Waals surface area contributed by atoms with Gasteiger partial charge >= 0.3 is 5.97 Å². The summed E-state index contributed by atoms with van der Waals surface area (Å²) in [5.41, 5.74) is -1.04. The quantitative estimate of drug-likeness (QED) is 0.756. The molecule has 9 heteroatoms. The summed E-state index contributed by atoms with van der Waals surface area (Å²) in [5, 5.41) is 21.2. The number of benzene rings is 1. The number of ether oxygens (including phenoxy) is 1. The number of fused-ring (bicyclic) bond motifs is 1. The lowest BCUT2D eigenvalue weighted by Crippen LogP contribution is -2.54. The molecule has 1 aliphatic heterocycles. The first-order chi connectivity index (χ1) is 12.9. The van der Waals surface area contributed by atoms with Crippen molar-refractivity contribution in [2.45, 2.75) is 6.54 Å². The van der Waals surface area contributed by atoms with Crippen LogP contribution in [0.15, 0.2) is 41.3 Å². The predicted molar refractivity (Wildman–Crippen MR) is 95.5 cm³/mol. The van der Waals surface area contributed by atoms with E-state index in [-0.39, 0.29) is 25.5 Å². The van der Waals surface area contributed by atoms with Gasteiger partial charge in [-0.1, -0.05) is 30.3 Å². The topological polar surface area (TPSA) is 112 Å². The maximum atomic E-state index is 12.8. The molecule has 0 aliphatic carbocycles. The van der Waals surface area contributed by atoms with Crippen LogP contribution in [0, 0.1) is 0 Å². The van der Waals surface area contributed by atoms with Gasteiger partial charge in [-0.15, -0.1) is 0 Å². The lowest BCUT2D eigenvalue weighted by atomic mass is 10.1. The maximum Gasteiger partial charge on any atom is 0.341 e. The Hall–Kier alpha value is -3.33. The van der Waals surface area contributed by atoms with Gasteiger partial charge in [-0.25, -0.2) is 4.79 Å². The minimum Gasteiger partial charge on any atom is -0.502 e. The van der Waals surface area contributed by atoms with Crippen LogP contribution in [0.1, 0.15) is 26.4 Å². The molecule has 0 radical (unpaired) electrons. The van der Waals surface area contributed by atoms with E-state index in [0.29, 0.717) is 6.54 Å². The molecule has 1 aromatic carbocycles. The van der Waals surface area contributed by atoms with Crippen LogP contribution in [0.3, 0.4) is 0 Å². The molecule has 0 atom stereocenters. The summed E-state index contributed by atoms with van der Waals surface area (Å²) in [6, 6.07) is 9.36. The third kappa shape index (κ3) is 3.49. The maximum absolute atomic E-state index is 12.8. The minimum atomic E-state index is -1.47. The molecule has 1 aliphatic rings. The summed E-state index contributed by atoms with van der Waals surface area (Å²) < 4.78 is 6.27. The van der Waals surface area contributed by atoms with Gasteiger partial charge in [0.05, 0.1) is 13.2 Å². The number of carboxylic acids is 1. The Morgan fingerprint density at radius 2 is 1.93 bits per heavy atom. The van der Waals surface area contributed by atoms with E-state index in [1.807, 2.05) is 30.3 Å². The van der Waals surface area contributed by atoms with E-state index in [1.54, 1.807) is 5.01 Å². The largest absolute Gasteiger partial charge is 0.502 e. The summed E-state index contributed by atoms with van der Waals surface area (Å²) in [6.45, 7) is 1.02. The number of aromatic hydroxyl groups is 1. The Balaban J connectivity index is 2.11. The average molecular weight is 373 g/mol. The van der Waals surface area contributed by atoms with E-state index in [9.17, 15) is 24.6 Å². The number of aromatic nitrogens is 1. The number of carbonyl (C=O) groups is 2. The lowest BCUT2D eigenvalue weighted by molar-refractivity contribution is 0.0613. The van der Waals surface area contributed by atoms with Crippen LogP contribution in [0.25, 0.3) is 0 Å². The van der Waals surface area contributed by atoms with Crippen molar-refractivity contribution in [3.63, 3.8) is 0 Å². The Morgan fingerprint density at radius 1 is 1.22 bits per heavy atom. The third-order valence-corrected chi connectivity index (χ3v) is 4.30. The molecule has 0 spiro atoms. The van der Waals surface area contributed by atoms with Crippen molar-refractivity contribution in [3.8, 4) is 5.75 Å². The molecule has 0 bridgehead atoms. The molecule has 142 valence electrons. The van der Waals surface area contributed by atoms with Crippen molar-refractivity contribution in [2.24, 2.45) is 0 Å². The van der Waals surface area contributed by atoms with Crippen LogP contribution >= 0.6 is 0 Å². The van der Waals surface area contributed by atoms with Gasteiger partial charge in [0.15, 0.2) is 11.4 Å². The fraction of sp³-hybridized carbons (Fsp3) is 0.278. The summed E-state index contributed by atoms with van der Waals surface area (Å²) >= 11 is 0. The number of amides is 1. The van der Waals surface area contributed by atoms with Crippen molar-refractivity contribution < 1.29 is 24.5 Å². The third-order valence-electron chi connectivity index (χ3n) is 4.30. The normalized spacial score (nSPS) is 13.6. The van der Waals surface area contributed by atoms with Crippen molar-refractivity contribution in [2.75, 3.05) is 31.9 Å². The molecule has 1 amide bonds. The van der Waals surface area contributed by atoms with E-state index >= 15 is 0 Å². The molecule has 2 aromatic rings. The van der Waals surface area contributed by atoms with Crippen molar-refractivity contribution in [3.05, 3.63) is 63.6 Å². The number of carboxylic acid groups (broad SMARTS) is 1. The average Bonchev–Trinajstić information content (AvgIpc) is 2.65. The van der Waals surface area contributed by atoms with Gasteiger partial charge in [0.2, 0.25) is 5.43 Å². The van der Waals surface area contributed by atoms with Gasteiger partial charge < -0.3 is 19.8 Å². The van der Waals surface area contributed by atoms with Crippen LogP contribution < -0.4 is 10.4 Å². The second-order valence-electron chi connectivity index (χ2n) is 6.07. The number of rotatable bonds is 6. The Labute approximate surface area is 154 Å². The molecular formula is C18H19N3O6. The van der Waals surface area contributed by atoms with Gasteiger partial charge in [-0.3, -0.25) is 19.3 Å². The number of nitrogens with zero attached hydrogens (tertiary/aromatic N) is 3. The fourth-order valence-electron chi connectivity index (χ4n) is 2.94. The van der Waals surface area contributed by atoms with E-state index in [0.717, 1.165) is 11.8 Å². The highest BCUT2D eigenvalue weighted by atomic mass is 16.5. The lowest BCUT2D eigenvalue weighted by Gasteiger charge is -2.39. The number of methoxy groups -OCH3 is 1. The van der Waals surface area contributed by atoms with Gasteiger partial charge in [0.25, 0.3) is 5.91 Å². The SMILES string of the molecule is COCCN1CN(Cc2ccccc2)n2cc(C(=O)O)c(=O)c(O)c2C1=O. The minimum absolute atomic E-state index is 0.144. The van der Waals surface area contributed by atoms with Crippen LogP contribution in [0.5, 0.6) is 5.75 Å². The van der Waals surface area contributed by atoms with Gasteiger partial charge in [-0.2, -0.15) is 0 Å². The van der Waals surface area contributed by atoms with Gasteiger partial charge in [-0.05, 0) is 5.56 Å². The van der Waals surface area contributed by atoms with E-state index in [4.69, 9.17) is 4.74 Å². The molecule has 2 N–H and O–H groups in total. The van der Waals surface area contributed by atoms with E-state index in [1.165, 1.54) is 16.7 Å². The molecule has 0 unspecified atom stereocenters. The van der Waals surface area contributed by atoms with Crippen molar-refractivity contribution >= 4 is 11.9 Å². The second kappa shape index (κ2) is 7.50. The monoisotopic (exact) mass is 373 g/mol. The zero-order chi connectivity index (χ0) is 19.6. The van der Waals surface area contributed by atoms with Crippen LogP contribution in [-0.4, -0.2) is 58.6 Å². The Bertz CT molecular complexity index is 925. The predicted octanol–water partition coefficient (Wildman–Crippen LogP) is 0.450. The number of carbonyl (C=O) groups excluding carboxylic acids is 1. The first kappa shape index (κ1) is 18.5. The summed E-state index contributed by atoms with van der Waals surface area (Å²) in [7, 11) is 1.51. The zero-order valence-electron chi connectivity index (χ0n) is 14.7. The number of pyridine rings is 1. The first-order valence-electron chi connectivity index (χ1n) is 8.23. The standard InChI is InChI=1S/C18H19N3O6/c1-27-8-7-19-11-20(9-12-5-3-2-4-6-12)21-10-13(18(25)26)15(22)16(23)14(21)17(19)24/h2-6,10,23H,7-9,11H2,1H3,(H,25,26). The highest BCUT2D eigenvalue weighted by Gasteiger charge is 2.34. The molecule has 2 heterocycles. The molecule has 0 saturated heterocycles. The number of hydrogen-bond donors (Lipinski definition) is 2. The Kier molecular flexibility index (Phi) is 5.13. The molecular weight excluding hydrogens is 354 g/mol. The summed E-state index contributed by atoms with van der Waals surface area (Å²) in [6.07, 6.45) is 1.08. The molecule has 0 saturated carbocycles. The fourth-order valence-corrected chi connectivity index (χ4v) is 2.94. The van der Waals surface area contributed by atoms with Crippen molar-refractivity contribution in [1.82, 2.24) is 9.58 Å². The second-order valence-corrected chi connectivity index (χ2v) is 6.07. The van der Waals surface area contributed by atoms with Crippen LogP contribution in [0.2, 0.25) is 0 Å². The highest BCUT2D eigenvalue weighted by Crippen LogP contribution is 2.22. The van der Waals surface area contributed by atoms with Crippen LogP contribution in [0.4, 0.5) is 0 Å². The first-order valence-corrected chi connectivity index (χ1v) is 8.23. The van der Waals surface area contributed by atoms with Crippen LogP contribution in [-0.2, 0) is 11.3 Å². The van der Waals surface area contributed by atoms with Gasteiger partial charge in [0, 0.05) is 19.9 Å². The molecule has 27 heavy (non-hydrogen) atoms. The Morgan fingerprint density at radius 3 is 2.56 bits per heavy atom. The summed E-state index contributed by atoms with van der Waals surface area (Å²) in [4.78, 5) is 37.7. The summed E-state index contributed by atoms with van der Waals surface area (Å²) in [5.74, 6) is -2.91. The van der Waals surface area contributed by atoms with Crippen molar-refractivity contribution in [1.29, 1.82) is 0 Å². The zero-order valence-corrected chi connectivity index (χ0v) is 14.7. The smallest absolute Gasteiger partial charge is 0.341 e. The highest BCUT2D eigenvalue weighted by molar-refractivity contribution is 5.97. The van der Waals surface area contributed by atoms with E-state index in [2.05, 4.69) is 0 Å². The molecule has 9 nitrogen and oxygen atoms in total. The number of aromatic carboxylic acids is 1. The van der Waals surface area contributed by atoms with Gasteiger partial charge in [0.1, 0.15) is 12.2 Å². The number of hydrogen-bond acceptors (Lipinski definition) is 6.